The predicted octanol–water partition coefficient (Wildman–Crippen LogP) is 2.69. The van der Waals surface area contributed by atoms with Crippen LogP contribution in [0.15, 0.2) is 18.2 Å². The largest absolute Gasteiger partial charge is 0.481 e. The minimum absolute atomic E-state index is 0.512. The second kappa shape index (κ2) is 4.51. The fourth-order valence-corrected chi connectivity index (χ4v) is 1.90. The molecule has 0 spiro atoms. The minimum atomic E-state index is 0.512. The molecule has 0 aliphatic heterocycles. The molecule has 0 amide bonds. The van der Waals surface area contributed by atoms with Crippen LogP contribution in [0, 0.1) is 5.92 Å². The summed E-state index contributed by atoms with van der Waals surface area (Å²) in [4.78, 5) is 4.34. The number of hydrogen-bond donors (Lipinski definition) is 1. The molecule has 1 atom stereocenters. The van der Waals surface area contributed by atoms with Gasteiger partial charge in [-0.05, 0) is 31.7 Å². The second-order valence-corrected chi connectivity index (χ2v) is 4.19. The molecule has 0 aromatic carbocycles. The Morgan fingerprint density at radius 1 is 1.47 bits per heavy atom. The van der Waals surface area contributed by atoms with E-state index in [1.54, 1.807) is 7.11 Å². The van der Waals surface area contributed by atoms with Gasteiger partial charge in [0.25, 0.3) is 0 Å². The third kappa shape index (κ3) is 2.41. The summed E-state index contributed by atoms with van der Waals surface area (Å²) in [5.41, 5.74) is 0. The fraction of sp³-hybridized carbons (Fsp3) is 0.583. The zero-order valence-electron chi connectivity index (χ0n) is 9.36. The number of hydrogen-bond acceptors (Lipinski definition) is 3. The van der Waals surface area contributed by atoms with Crippen molar-refractivity contribution in [1.82, 2.24) is 4.98 Å². The summed E-state index contributed by atoms with van der Waals surface area (Å²) < 4.78 is 5.09. The van der Waals surface area contributed by atoms with Crippen LogP contribution in [0.3, 0.4) is 0 Å². The summed E-state index contributed by atoms with van der Waals surface area (Å²) in [6.07, 6.45) is 4.07. The standard InChI is InChI=1S/C12H18N2O/c1-9(10-5-3-6-10)13-11-7-4-8-12(14-11)15-2/h4,7-10H,3,5-6H2,1-2H3,(H,13,14). The molecule has 82 valence electrons. The van der Waals surface area contributed by atoms with Gasteiger partial charge in [0.15, 0.2) is 0 Å². The molecule has 1 aliphatic carbocycles. The van der Waals surface area contributed by atoms with Gasteiger partial charge in [-0.2, -0.15) is 4.98 Å². The molecule has 1 N–H and O–H groups in total. The monoisotopic (exact) mass is 206 g/mol. The van der Waals surface area contributed by atoms with Gasteiger partial charge < -0.3 is 10.1 Å². The van der Waals surface area contributed by atoms with Gasteiger partial charge in [0.1, 0.15) is 5.82 Å². The highest BCUT2D eigenvalue weighted by Crippen LogP contribution is 2.30. The van der Waals surface area contributed by atoms with Crippen molar-refractivity contribution in [1.29, 1.82) is 0 Å². The van der Waals surface area contributed by atoms with Gasteiger partial charge in [-0.25, -0.2) is 0 Å². The molecule has 0 bridgehead atoms. The summed E-state index contributed by atoms with van der Waals surface area (Å²) in [5.74, 6) is 2.40. The highest BCUT2D eigenvalue weighted by molar-refractivity contribution is 5.38. The van der Waals surface area contributed by atoms with Crippen LogP contribution in [0.2, 0.25) is 0 Å². The Kier molecular flexibility index (Phi) is 3.09. The van der Waals surface area contributed by atoms with Crippen molar-refractivity contribution in [2.24, 2.45) is 5.92 Å². The first-order valence-electron chi connectivity index (χ1n) is 5.57. The van der Waals surface area contributed by atoms with E-state index in [1.165, 1.54) is 19.3 Å². The van der Waals surface area contributed by atoms with Crippen molar-refractivity contribution in [2.45, 2.75) is 32.2 Å². The SMILES string of the molecule is COc1cccc(NC(C)C2CCC2)n1. The zero-order valence-corrected chi connectivity index (χ0v) is 9.36. The predicted molar refractivity (Wildman–Crippen MR) is 61.2 cm³/mol. The molecule has 0 saturated heterocycles. The number of anilines is 1. The van der Waals surface area contributed by atoms with Crippen LogP contribution >= 0.6 is 0 Å². The Bertz CT molecular complexity index is 323. The molecule has 1 saturated carbocycles. The summed E-state index contributed by atoms with van der Waals surface area (Å²) in [5, 5.41) is 3.43. The Morgan fingerprint density at radius 2 is 2.27 bits per heavy atom. The van der Waals surface area contributed by atoms with Crippen LogP contribution in [-0.4, -0.2) is 18.1 Å². The average Bonchev–Trinajstić information content (AvgIpc) is 2.15. The number of ether oxygens (including phenoxy) is 1. The maximum atomic E-state index is 5.09. The second-order valence-electron chi connectivity index (χ2n) is 4.19. The van der Waals surface area contributed by atoms with Gasteiger partial charge in [0.2, 0.25) is 5.88 Å². The molecule has 1 aromatic rings. The number of rotatable bonds is 4. The van der Waals surface area contributed by atoms with Gasteiger partial charge in [-0.15, -0.1) is 0 Å². The smallest absolute Gasteiger partial charge is 0.214 e. The van der Waals surface area contributed by atoms with Gasteiger partial charge in [0.05, 0.1) is 7.11 Å². The first-order chi connectivity index (χ1) is 7.29. The third-order valence-electron chi connectivity index (χ3n) is 3.17. The average molecular weight is 206 g/mol. The molecule has 1 heterocycles. The van der Waals surface area contributed by atoms with E-state index in [1.807, 2.05) is 18.2 Å². The van der Waals surface area contributed by atoms with Crippen molar-refractivity contribution in [3.63, 3.8) is 0 Å². The number of nitrogens with zero attached hydrogens (tertiary/aromatic N) is 1. The minimum Gasteiger partial charge on any atom is -0.481 e. The summed E-state index contributed by atoms with van der Waals surface area (Å²) >= 11 is 0. The van der Waals surface area contributed by atoms with Gasteiger partial charge in [0, 0.05) is 12.1 Å². The third-order valence-corrected chi connectivity index (χ3v) is 3.17. The van der Waals surface area contributed by atoms with Crippen LogP contribution in [-0.2, 0) is 0 Å². The van der Waals surface area contributed by atoms with E-state index < -0.39 is 0 Å². The topological polar surface area (TPSA) is 34.1 Å². The number of pyridine rings is 1. The molecular weight excluding hydrogens is 188 g/mol. The highest BCUT2D eigenvalue weighted by Gasteiger charge is 2.23. The Morgan fingerprint density at radius 3 is 2.87 bits per heavy atom. The highest BCUT2D eigenvalue weighted by atomic mass is 16.5. The van der Waals surface area contributed by atoms with Gasteiger partial charge in [-0.1, -0.05) is 12.5 Å². The van der Waals surface area contributed by atoms with Crippen molar-refractivity contribution >= 4 is 5.82 Å². The van der Waals surface area contributed by atoms with E-state index in [9.17, 15) is 0 Å². The fourth-order valence-electron chi connectivity index (χ4n) is 1.90. The van der Waals surface area contributed by atoms with E-state index in [0.717, 1.165) is 11.7 Å². The van der Waals surface area contributed by atoms with Crippen LogP contribution in [0.4, 0.5) is 5.82 Å². The normalized spacial score (nSPS) is 18.0. The number of aromatic nitrogens is 1. The van der Waals surface area contributed by atoms with Gasteiger partial charge >= 0.3 is 0 Å². The first kappa shape index (κ1) is 10.3. The molecule has 1 aromatic heterocycles. The summed E-state index contributed by atoms with van der Waals surface area (Å²) in [6, 6.07) is 6.32. The maximum Gasteiger partial charge on any atom is 0.214 e. The van der Waals surface area contributed by atoms with Crippen LogP contribution in [0.5, 0.6) is 5.88 Å². The van der Waals surface area contributed by atoms with Crippen LogP contribution < -0.4 is 10.1 Å². The van der Waals surface area contributed by atoms with Crippen molar-refractivity contribution in [3.8, 4) is 5.88 Å². The Labute approximate surface area is 90.9 Å². The molecule has 2 rings (SSSR count). The van der Waals surface area contributed by atoms with E-state index in [2.05, 4.69) is 17.2 Å². The van der Waals surface area contributed by atoms with E-state index in [4.69, 9.17) is 4.74 Å². The maximum absolute atomic E-state index is 5.09. The first-order valence-corrected chi connectivity index (χ1v) is 5.57. The molecule has 3 nitrogen and oxygen atoms in total. The lowest BCUT2D eigenvalue weighted by Gasteiger charge is -2.32. The molecule has 0 radical (unpaired) electrons. The summed E-state index contributed by atoms with van der Waals surface area (Å²) in [7, 11) is 1.64. The van der Waals surface area contributed by atoms with Crippen molar-refractivity contribution in [2.75, 3.05) is 12.4 Å². The molecule has 1 fully saturated rings. The summed E-state index contributed by atoms with van der Waals surface area (Å²) in [6.45, 7) is 2.23. The number of methoxy groups -OCH3 is 1. The lowest BCUT2D eigenvalue weighted by atomic mass is 9.80. The zero-order chi connectivity index (χ0) is 10.7. The van der Waals surface area contributed by atoms with E-state index in [0.29, 0.717) is 11.9 Å². The number of nitrogens with one attached hydrogen (secondary N) is 1. The molecule has 15 heavy (non-hydrogen) atoms. The van der Waals surface area contributed by atoms with Crippen LogP contribution in [0.25, 0.3) is 0 Å². The molecule has 1 unspecified atom stereocenters. The Hall–Kier alpha value is -1.25. The Balaban J connectivity index is 1.96. The van der Waals surface area contributed by atoms with Crippen molar-refractivity contribution < 1.29 is 4.74 Å². The lowest BCUT2D eigenvalue weighted by molar-refractivity contribution is 0.284. The molecular formula is C12H18N2O. The van der Waals surface area contributed by atoms with Crippen LogP contribution in [0.1, 0.15) is 26.2 Å². The molecule has 3 heteroatoms. The lowest BCUT2D eigenvalue weighted by Crippen LogP contribution is -2.31. The van der Waals surface area contributed by atoms with Gasteiger partial charge in [-0.3, -0.25) is 0 Å². The van der Waals surface area contributed by atoms with E-state index in [-0.39, 0.29) is 0 Å². The quantitative estimate of drug-likeness (QED) is 0.822. The van der Waals surface area contributed by atoms with Crippen molar-refractivity contribution in [3.05, 3.63) is 18.2 Å². The van der Waals surface area contributed by atoms with E-state index >= 15 is 0 Å². The molecule has 1 aliphatic rings.